The molecule has 0 bridgehead atoms. The van der Waals surface area contributed by atoms with Crippen molar-refractivity contribution in [2.24, 2.45) is 11.7 Å². The Morgan fingerprint density at radius 3 is 1.09 bits per heavy atom. The van der Waals surface area contributed by atoms with Gasteiger partial charge in [0.15, 0.2) is 0 Å². The number of hydrogen-bond donors (Lipinski definition) is 21. The van der Waals surface area contributed by atoms with Crippen LogP contribution in [0.2, 0.25) is 0 Å². The predicted octanol–water partition coefficient (Wildman–Crippen LogP) is -3.79. The van der Waals surface area contributed by atoms with Gasteiger partial charge in [0, 0.05) is 37.2 Å². The molecule has 0 aliphatic heterocycles. The molecular weight excluding hydrogens is 1460 g/mol. The van der Waals surface area contributed by atoms with Crippen molar-refractivity contribution in [3.05, 3.63) is 131 Å². The summed E-state index contributed by atoms with van der Waals surface area (Å²) in [6, 6.07) is 9.99. The van der Waals surface area contributed by atoms with Gasteiger partial charge in [0.1, 0.15) is 78.0 Å². The Balaban J connectivity index is 1.53. The van der Waals surface area contributed by atoms with E-state index >= 15 is 0 Å². The Labute approximate surface area is 630 Å². The fraction of sp³-hybridized carbons (Fsp3) is 0.420. The lowest BCUT2D eigenvalue weighted by Crippen LogP contribution is -2.61. The number of carboxylic acids is 3. The van der Waals surface area contributed by atoms with E-state index < -0.39 is 211 Å². The molecule has 0 saturated heterocycles. The summed E-state index contributed by atoms with van der Waals surface area (Å²) >= 11 is 9.69. The van der Waals surface area contributed by atoms with Crippen molar-refractivity contribution in [3.63, 3.8) is 0 Å². The SMILES string of the molecule is CSCC[C@H](NC(=O)[C@@H](Cc1ccc(O)cc1)NC(=O)[C@H](CS)NC(=O)[C@H](C)NC(=O)[C@H](Cc1ccc(O)cc1)NC(=O)[C@H](Cc1ccccc1)NC(=O)CNC(=O)[C@H](CC(=O)O)NC(=O)[C@H](CS)NC(=O)[C@@H](Cc1ccccc1)NC(=O)CNC(=O)CN)C(=O)N[C@@H](CC(=O)O)C(=O)N[C@H](C(=O)O)C(C)C. The molecule has 20 N–H and O–H groups in total. The molecule has 0 aliphatic carbocycles. The predicted molar refractivity (Wildman–Crippen MR) is 394 cm³/mol. The molecule has 0 radical (unpaired) electrons. The number of carboxylic acid groups (broad SMARTS) is 3. The number of aromatic hydroxyl groups is 2. The lowest BCUT2D eigenvalue weighted by atomic mass is 10.0. The Kier molecular flexibility index (Phi) is 37.5. The Morgan fingerprint density at radius 2 is 0.710 bits per heavy atom. The molecule has 0 fully saturated rings. The third-order valence-corrected chi connectivity index (χ3v) is 17.2. The van der Waals surface area contributed by atoms with Crippen LogP contribution in [-0.2, 0) is 102 Å². The minimum atomic E-state index is -1.90. The summed E-state index contributed by atoms with van der Waals surface area (Å²) in [5, 5.41) is 80.4. The van der Waals surface area contributed by atoms with Gasteiger partial charge in [-0.3, -0.25) is 71.9 Å². The second-order valence-corrected chi connectivity index (χ2v) is 26.3. The van der Waals surface area contributed by atoms with Crippen LogP contribution in [0.25, 0.3) is 0 Å². The maximum atomic E-state index is 14.5. The summed E-state index contributed by atoms with van der Waals surface area (Å²) in [6.45, 7) is 2.29. The van der Waals surface area contributed by atoms with Crippen LogP contribution in [-0.4, -0.2) is 230 Å². The molecule has 0 spiro atoms. The zero-order valence-corrected chi connectivity index (χ0v) is 61.3. The van der Waals surface area contributed by atoms with Gasteiger partial charge in [-0.05, 0) is 77.8 Å². The number of phenols is 2. The number of aliphatic carboxylic acids is 3. The van der Waals surface area contributed by atoms with Crippen molar-refractivity contribution in [2.45, 2.75) is 132 Å². The molecule has 0 unspecified atom stereocenters. The number of benzene rings is 4. The maximum absolute atomic E-state index is 14.5. The summed E-state index contributed by atoms with van der Waals surface area (Å²) in [5.41, 5.74) is 7.08. The van der Waals surface area contributed by atoms with Gasteiger partial charge in [-0.25, -0.2) is 4.79 Å². The van der Waals surface area contributed by atoms with Crippen LogP contribution in [0.15, 0.2) is 109 Å². The van der Waals surface area contributed by atoms with Crippen LogP contribution >= 0.6 is 37.0 Å². The maximum Gasteiger partial charge on any atom is 0.326 e. The highest BCUT2D eigenvalue weighted by Crippen LogP contribution is 2.16. The molecule has 0 saturated carbocycles. The van der Waals surface area contributed by atoms with E-state index in [1.54, 1.807) is 66.9 Å². The number of thiol groups is 2. The van der Waals surface area contributed by atoms with Gasteiger partial charge < -0.3 is 100 Å². The number of rotatable bonds is 45. The number of carbonyl (C=O) groups is 16. The molecule has 4 aromatic rings. The van der Waals surface area contributed by atoms with E-state index in [4.69, 9.17) is 5.73 Å². The highest BCUT2D eigenvalue weighted by molar-refractivity contribution is 7.98. The van der Waals surface area contributed by atoms with Gasteiger partial charge in [-0.2, -0.15) is 37.0 Å². The first-order valence-electron chi connectivity index (χ1n) is 33.3. The fourth-order valence-electron chi connectivity index (χ4n) is 10.0. The van der Waals surface area contributed by atoms with Crippen LogP contribution in [0.3, 0.4) is 0 Å². The van der Waals surface area contributed by atoms with E-state index in [0.717, 1.165) is 0 Å². The molecule has 38 heteroatoms. The Bertz CT molecular complexity index is 3750. The van der Waals surface area contributed by atoms with E-state index in [9.17, 15) is 102 Å². The van der Waals surface area contributed by atoms with E-state index in [2.05, 4.69) is 94.4 Å². The zero-order valence-electron chi connectivity index (χ0n) is 58.7. The van der Waals surface area contributed by atoms with E-state index in [0.29, 0.717) is 22.3 Å². The van der Waals surface area contributed by atoms with Crippen LogP contribution in [0, 0.1) is 5.92 Å². The molecule has 580 valence electrons. The number of hydrogen-bond acceptors (Lipinski definition) is 22. The summed E-state index contributed by atoms with van der Waals surface area (Å²) in [7, 11) is 0. The molecule has 13 amide bonds. The zero-order chi connectivity index (χ0) is 79.4. The quantitative estimate of drug-likeness (QED) is 0.0189. The van der Waals surface area contributed by atoms with Gasteiger partial charge in [0.25, 0.3) is 0 Å². The minimum absolute atomic E-state index is 0.100. The number of nitrogens with one attached hydrogen (secondary N) is 13. The molecule has 11 atom stereocenters. The summed E-state index contributed by atoms with van der Waals surface area (Å²) in [5.74, 6) is -19.1. The molecule has 4 aromatic carbocycles. The van der Waals surface area contributed by atoms with Crippen LogP contribution in [0.4, 0.5) is 0 Å². The minimum Gasteiger partial charge on any atom is -0.508 e. The summed E-state index contributed by atoms with van der Waals surface area (Å²) < 4.78 is 0. The van der Waals surface area contributed by atoms with Crippen molar-refractivity contribution >= 4 is 132 Å². The molecular formula is C69H90N14O21S3. The largest absolute Gasteiger partial charge is 0.508 e. The second kappa shape index (κ2) is 45.4. The van der Waals surface area contributed by atoms with Crippen LogP contribution in [0.1, 0.15) is 62.3 Å². The van der Waals surface area contributed by atoms with Crippen molar-refractivity contribution in [2.75, 3.05) is 43.1 Å². The van der Waals surface area contributed by atoms with Gasteiger partial charge >= 0.3 is 17.9 Å². The van der Waals surface area contributed by atoms with E-state index in [1.807, 2.05) is 0 Å². The number of thioether (sulfide) groups is 1. The van der Waals surface area contributed by atoms with E-state index in [1.165, 1.54) is 81.1 Å². The molecule has 35 nitrogen and oxygen atoms in total. The number of phenolic OH excluding ortho intramolecular Hbond substituents is 2. The van der Waals surface area contributed by atoms with Crippen LogP contribution < -0.4 is 74.9 Å². The molecule has 0 aromatic heterocycles. The second-order valence-electron chi connectivity index (χ2n) is 24.6. The highest BCUT2D eigenvalue weighted by atomic mass is 32.2. The van der Waals surface area contributed by atoms with Gasteiger partial charge in [-0.15, -0.1) is 0 Å². The lowest BCUT2D eigenvalue weighted by molar-refractivity contribution is -0.144. The van der Waals surface area contributed by atoms with Gasteiger partial charge in [0.05, 0.1) is 32.5 Å². The molecule has 4 rings (SSSR count). The highest BCUT2D eigenvalue weighted by Gasteiger charge is 2.37. The first-order chi connectivity index (χ1) is 50.7. The monoisotopic (exact) mass is 1550 g/mol. The van der Waals surface area contributed by atoms with Crippen molar-refractivity contribution in [1.29, 1.82) is 0 Å². The smallest absolute Gasteiger partial charge is 0.326 e. The Hall–Kier alpha value is -11.0. The molecule has 0 aliphatic rings. The topological polar surface area (TPSA) is 557 Å². The summed E-state index contributed by atoms with van der Waals surface area (Å²) in [6.07, 6.45) is -1.45. The number of amides is 13. The molecule has 0 heterocycles. The standard InChI is InChI=1S/C69H90N14O21S3/c1-36(2)58(69(103)104)83-66(100)50(30-57(91)92)80-61(95)44(23-24-107-4)76-65(99)48(28-41-17-21-43(85)22-18-41)78-67(101)51(34-105)81-59(93)37(3)73-62(96)47(27-40-15-19-42(84)20-16-40)77-63(97)45(25-38-11-7-5-8-12-38)75-55(88)33-72-60(94)49(29-56(89)90)79-68(102)52(35-106)82-64(98)46(26-39-13-9-6-10-14-39)74-54(87)32-71-53(86)31-70/h5-22,36-37,44-52,58,84-85,105-106H,23-35,70H2,1-4H3,(H,71,86)(H,72,94)(H,73,96)(H,74,87)(H,75,88)(H,76,99)(H,77,97)(H,78,101)(H,79,102)(H,80,95)(H,81,93)(H,82,98)(H,83,100)(H,89,90)(H,91,92)(H,103,104)/t37-,44-,45-,46+,47-,48+,49-,50-,51-,52-,58-/m0/s1. The average Bonchev–Trinajstić information content (AvgIpc) is 0.858. The molecule has 107 heavy (non-hydrogen) atoms. The van der Waals surface area contributed by atoms with Crippen molar-refractivity contribution in [1.82, 2.24) is 69.1 Å². The van der Waals surface area contributed by atoms with E-state index in [-0.39, 0.29) is 49.4 Å². The third kappa shape index (κ3) is 31.7. The van der Waals surface area contributed by atoms with Gasteiger partial charge in [0.2, 0.25) is 76.8 Å². The van der Waals surface area contributed by atoms with Crippen LogP contribution in [0.5, 0.6) is 11.5 Å². The normalized spacial score (nSPS) is 14.0. The van der Waals surface area contributed by atoms with Crippen molar-refractivity contribution in [3.8, 4) is 11.5 Å². The number of nitrogens with two attached hydrogens (primary N) is 1. The van der Waals surface area contributed by atoms with Crippen molar-refractivity contribution < 1.29 is 102 Å². The number of carbonyl (C=O) groups excluding carboxylic acids is 13. The lowest BCUT2D eigenvalue weighted by Gasteiger charge is -2.27. The van der Waals surface area contributed by atoms with Gasteiger partial charge in [-0.1, -0.05) is 98.8 Å². The summed E-state index contributed by atoms with van der Waals surface area (Å²) in [4.78, 5) is 214. The average molecular weight is 1550 g/mol. The third-order valence-electron chi connectivity index (χ3n) is 15.8. The Morgan fingerprint density at radius 1 is 0.383 bits per heavy atom. The first kappa shape index (κ1) is 88.4. The first-order valence-corrected chi connectivity index (χ1v) is 36.0. The fourth-order valence-corrected chi connectivity index (χ4v) is 11.0.